The van der Waals surface area contributed by atoms with Crippen molar-refractivity contribution in [3.63, 3.8) is 0 Å². The van der Waals surface area contributed by atoms with Crippen molar-refractivity contribution in [2.45, 2.75) is 20.1 Å². The van der Waals surface area contributed by atoms with Gasteiger partial charge in [-0.1, -0.05) is 12.1 Å². The molecule has 0 saturated carbocycles. The molecule has 3 aromatic rings. The Morgan fingerprint density at radius 1 is 1.33 bits per heavy atom. The molecule has 0 aliphatic carbocycles. The molecule has 2 heterocycles. The minimum atomic E-state index is -0.409. The van der Waals surface area contributed by atoms with E-state index in [1.165, 1.54) is 12.4 Å². The molecular weight excluding hydrogens is 273 g/mol. The molecule has 0 atom stereocenters. The summed E-state index contributed by atoms with van der Waals surface area (Å²) in [5, 5.41) is 16.2. The standard InChI is InChI=1S/C14H14FN5O/c1-9-4-13(20-14(19-9)17-8-18-20)16-6-10-2-3-11(7-21)12(15)5-10/h2-5,8,16,21H,6-7H2,1H3. The maximum absolute atomic E-state index is 13.6. The molecule has 21 heavy (non-hydrogen) atoms. The van der Waals surface area contributed by atoms with Crippen LogP contribution in [0.2, 0.25) is 0 Å². The Kier molecular flexibility index (Phi) is 3.49. The predicted molar refractivity (Wildman–Crippen MR) is 75.2 cm³/mol. The monoisotopic (exact) mass is 287 g/mol. The van der Waals surface area contributed by atoms with Gasteiger partial charge in [0.25, 0.3) is 5.78 Å². The number of nitrogens with zero attached hydrogens (tertiary/aromatic N) is 4. The number of rotatable bonds is 4. The molecule has 3 rings (SSSR count). The molecule has 0 aliphatic heterocycles. The normalized spacial score (nSPS) is 11.0. The summed E-state index contributed by atoms with van der Waals surface area (Å²) in [6.07, 6.45) is 1.43. The summed E-state index contributed by atoms with van der Waals surface area (Å²) in [6.45, 7) is 2.00. The number of hydrogen-bond donors (Lipinski definition) is 2. The van der Waals surface area contributed by atoms with E-state index in [0.717, 1.165) is 17.1 Å². The third-order valence-electron chi connectivity index (χ3n) is 3.14. The van der Waals surface area contributed by atoms with E-state index >= 15 is 0 Å². The Hall–Kier alpha value is -2.54. The quantitative estimate of drug-likeness (QED) is 0.763. The largest absolute Gasteiger partial charge is 0.392 e. The van der Waals surface area contributed by atoms with Gasteiger partial charge >= 0.3 is 0 Å². The van der Waals surface area contributed by atoms with Crippen LogP contribution in [-0.4, -0.2) is 24.7 Å². The maximum Gasteiger partial charge on any atom is 0.254 e. The minimum Gasteiger partial charge on any atom is -0.392 e. The highest BCUT2D eigenvalue weighted by atomic mass is 19.1. The zero-order chi connectivity index (χ0) is 14.8. The fraction of sp³-hybridized carbons (Fsp3) is 0.214. The number of aliphatic hydroxyl groups excluding tert-OH is 1. The van der Waals surface area contributed by atoms with Gasteiger partial charge < -0.3 is 10.4 Å². The fourth-order valence-corrected chi connectivity index (χ4v) is 2.08. The molecule has 0 fully saturated rings. The summed E-state index contributed by atoms with van der Waals surface area (Å²) in [5.74, 6) is 0.842. The lowest BCUT2D eigenvalue weighted by Crippen LogP contribution is -2.07. The first kappa shape index (κ1) is 13.4. The van der Waals surface area contributed by atoms with E-state index in [1.807, 2.05) is 13.0 Å². The van der Waals surface area contributed by atoms with Crippen molar-refractivity contribution < 1.29 is 9.50 Å². The third kappa shape index (κ3) is 2.68. The van der Waals surface area contributed by atoms with Gasteiger partial charge in [0, 0.05) is 23.9 Å². The first-order valence-electron chi connectivity index (χ1n) is 6.47. The predicted octanol–water partition coefficient (Wildman–Crippen LogP) is 1.68. The van der Waals surface area contributed by atoms with Crippen LogP contribution in [0, 0.1) is 12.7 Å². The molecule has 0 spiro atoms. The molecule has 0 aliphatic rings. The Labute approximate surface area is 120 Å². The van der Waals surface area contributed by atoms with E-state index in [2.05, 4.69) is 20.4 Å². The van der Waals surface area contributed by atoms with Crippen LogP contribution in [0.3, 0.4) is 0 Å². The van der Waals surface area contributed by atoms with Crippen molar-refractivity contribution in [3.8, 4) is 0 Å². The number of fused-ring (bicyclic) bond motifs is 1. The second kappa shape index (κ2) is 5.45. The molecule has 1 aromatic carbocycles. The molecule has 0 radical (unpaired) electrons. The zero-order valence-corrected chi connectivity index (χ0v) is 11.4. The Morgan fingerprint density at radius 2 is 2.19 bits per heavy atom. The molecule has 2 aromatic heterocycles. The zero-order valence-electron chi connectivity index (χ0n) is 11.4. The number of halogens is 1. The van der Waals surface area contributed by atoms with Gasteiger partial charge in [-0.15, -0.1) is 0 Å². The van der Waals surface area contributed by atoms with Crippen molar-refractivity contribution in [3.05, 3.63) is 53.2 Å². The van der Waals surface area contributed by atoms with Crippen molar-refractivity contribution >= 4 is 11.6 Å². The first-order valence-corrected chi connectivity index (χ1v) is 6.47. The van der Waals surface area contributed by atoms with Gasteiger partial charge in [0.1, 0.15) is 18.0 Å². The summed E-state index contributed by atoms with van der Waals surface area (Å²) in [4.78, 5) is 8.29. The smallest absolute Gasteiger partial charge is 0.254 e. The second-order valence-electron chi connectivity index (χ2n) is 4.69. The number of aliphatic hydroxyl groups is 1. The van der Waals surface area contributed by atoms with E-state index in [-0.39, 0.29) is 12.2 Å². The van der Waals surface area contributed by atoms with Crippen LogP contribution < -0.4 is 5.32 Å². The lowest BCUT2D eigenvalue weighted by molar-refractivity contribution is 0.275. The molecule has 2 N–H and O–H groups in total. The number of nitrogens with one attached hydrogen (secondary N) is 1. The summed E-state index contributed by atoms with van der Waals surface area (Å²) in [5.41, 5.74) is 1.88. The van der Waals surface area contributed by atoms with Gasteiger partial charge in [0.2, 0.25) is 0 Å². The summed E-state index contributed by atoms with van der Waals surface area (Å²) in [7, 11) is 0. The van der Waals surface area contributed by atoms with E-state index in [1.54, 1.807) is 16.6 Å². The molecule has 0 amide bonds. The van der Waals surface area contributed by atoms with Crippen LogP contribution in [0.5, 0.6) is 0 Å². The van der Waals surface area contributed by atoms with Gasteiger partial charge in [0.05, 0.1) is 6.61 Å². The van der Waals surface area contributed by atoms with Gasteiger partial charge in [-0.3, -0.25) is 0 Å². The highest BCUT2D eigenvalue weighted by Gasteiger charge is 2.06. The summed E-state index contributed by atoms with van der Waals surface area (Å²) < 4.78 is 15.2. The molecule has 108 valence electrons. The van der Waals surface area contributed by atoms with Crippen molar-refractivity contribution in [1.29, 1.82) is 0 Å². The second-order valence-corrected chi connectivity index (χ2v) is 4.69. The lowest BCUT2D eigenvalue weighted by atomic mass is 10.1. The highest BCUT2D eigenvalue weighted by molar-refractivity contribution is 5.45. The molecule has 7 heteroatoms. The van der Waals surface area contributed by atoms with Crippen LogP contribution >= 0.6 is 0 Å². The van der Waals surface area contributed by atoms with Crippen LogP contribution in [-0.2, 0) is 13.2 Å². The number of hydrogen-bond acceptors (Lipinski definition) is 5. The summed E-state index contributed by atoms with van der Waals surface area (Å²) in [6, 6.07) is 6.61. The third-order valence-corrected chi connectivity index (χ3v) is 3.14. The number of aryl methyl sites for hydroxylation is 1. The average Bonchev–Trinajstić information content (AvgIpc) is 2.93. The van der Waals surface area contributed by atoms with Crippen LogP contribution in [0.15, 0.2) is 30.6 Å². The minimum absolute atomic E-state index is 0.289. The topological polar surface area (TPSA) is 75.3 Å². The van der Waals surface area contributed by atoms with Crippen LogP contribution in [0.25, 0.3) is 5.78 Å². The molecule has 6 nitrogen and oxygen atoms in total. The maximum atomic E-state index is 13.6. The van der Waals surface area contributed by atoms with E-state index in [0.29, 0.717) is 12.3 Å². The molecule has 0 saturated heterocycles. The Bertz CT molecular complexity index is 786. The first-order chi connectivity index (χ1) is 10.2. The lowest BCUT2D eigenvalue weighted by Gasteiger charge is -2.09. The van der Waals surface area contributed by atoms with Crippen molar-refractivity contribution in [2.24, 2.45) is 0 Å². The highest BCUT2D eigenvalue weighted by Crippen LogP contribution is 2.14. The molecular formula is C14H14FN5O. The average molecular weight is 287 g/mol. The SMILES string of the molecule is Cc1cc(NCc2ccc(CO)c(F)c2)n2ncnc2n1. The van der Waals surface area contributed by atoms with E-state index in [4.69, 9.17) is 5.11 Å². The number of aromatic nitrogens is 4. The Balaban J connectivity index is 1.83. The molecule has 0 bridgehead atoms. The number of benzene rings is 1. The number of anilines is 1. The van der Waals surface area contributed by atoms with Gasteiger partial charge in [0.15, 0.2) is 0 Å². The molecule has 0 unspecified atom stereocenters. The Morgan fingerprint density at radius 3 is 2.95 bits per heavy atom. The summed E-state index contributed by atoms with van der Waals surface area (Å²) >= 11 is 0. The van der Waals surface area contributed by atoms with Gasteiger partial charge in [-0.05, 0) is 18.6 Å². The van der Waals surface area contributed by atoms with E-state index < -0.39 is 5.82 Å². The van der Waals surface area contributed by atoms with Gasteiger partial charge in [-0.2, -0.15) is 14.6 Å². The van der Waals surface area contributed by atoms with Gasteiger partial charge in [-0.25, -0.2) is 9.37 Å². The van der Waals surface area contributed by atoms with Crippen LogP contribution in [0.1, 0.15) is 16.8 Å². The fourth-order valence-electron chi connectivity index (χ4n) is 2.08. The van der Waals surface area contributed by atoms with E-state index in [9.17, 15) is 4.39 Å². The van der Waals surface area contributed by atoms with Crippen LogP contribution in [0.4, 0.5) is 10.2 Å². The van der Waals surface area contributed by atoms with Crippen molar-refractivity contribution in [1.82, 2.24) is 19.6 Å². The van der Waals surface area contributed by atoms with Crippen molar-refractivity contribution in [2.75, 3.05) is 5.32 Å².